The lowest BCUT2D eigenvalue weighted by Gasteiger charge is -2.30. The van der Waals surface area contributed by atoms with E-state index in [4.69, 9.17) is 10.8 Å². The predicted molar refractivity (Wildman–Crippen MR) is 55.6 cm³/mol. The van der Waals surface area contributed by atoms with Gasteiger partial charge in [-0.05, 0) is 12.8 Å². The third-order valence-corrected chi connectivity index (χ3v) is 2.54. The van der Waals surface area contributed by atoms with Crippen LogP contribution in [0.25, 0.3) is 0 Å². The lowest BCUT2D eigenvalue weighted by atomic mass is 9.97. The van der Waals surface area contributed by atoms with Gasteiger partial charge in [0.05, 0.1) is 0 Å². The quantitative estimate of drug-likeness (QED) is 0.543. The largest absolute Gasteiger partial charge is 0.479 e. The van der Waals surface area contributed by atoms with E-state index in [1.165, 1.54) is 4.90 Å². The third-order valence-electron chi connectivity index (χ3n) is 2.54. The van der Waals surface area contributed by atoms with Gasteiger partial charge in [-0.3, -0.25) is 9.63 Å². The molecule has 17 heavy (non-hydrogen) atoms. The lowest BCUT2D eigenvalue weighted by Crippen LogP contribution is -2.46. The Bertz CT molecular complexity index is 312. The summed E-state index contributed by atoms with van der Waals surface area (Å²) in [7, 11) is 0. The van der Waals surface area contributed by atoms with Crippen molar-refractivity contribution in [2.24, 2.45) is 11.7 Å². The van der Waals surface area contributed by atoms with Crippen LogP contribution in [0.5, 0.6) is 0 Å². The van der Waals surface area contributed by atoms with Crippen LogP contribution in [0.3, 0.4) is 0 Å². The second-order valence-electron chi connectivity index (χ2n) is 3.75. The van der Waals surface area contributed by atoms with Crippen molar-refractivity contribution in [1.82, 2.24) is 10.4 Å². The van der Waals surface area contributed by atoms with E-state index in [0.717, 1.165) is 0 Å². The minimum atomic E-state index is -1.17. The molecule has 0 atom stereocenters. The Morgan fingerprint density at radius 2 is 1.94 bits per heavy atom. The zero-order valence-corrected chi connectivity index (χ0v) is 9.22. The second-order valence-corrected chi connectivity index (χ2v) is 3.75. The molecule has 8 heteroatoms. The van der Waals surface area contributed by atoms with Crippen LogP contribution in [0, 0.1) is 5.92 Å². The number of urea groups is 1. The maximum Gasteiger partial charge on any atom is 0.341 e. The Labute approximate surface area is 97.6 Å². The van der Waals surface area contributed by atoms with E-state index < -0.39 is 18.6 Å². The van der Waals surface area contributed by atoms with Crippen molar-refractivity contribution in [3.05, 3.63) is 0 Å². The Balaban J connectivity index is 2.26. The van der Waals surface area contributed by atoms with E-state index >= 15 is 0 Å². The molecule has 4 N–H and O–H groups in total. The van der Waals surface area contributed by atoms with Crippen LogP contribution in [-0.2, 0) is 14.4 Å². The average molecular weight is 245 g/mol. The number of nitrogens with zero attached hydrogens (tertiary/aromatic N) is 1. The van der Waals surface area contributed by atoms with Gasteiger partial charge in [-0.2, -0.15) is 0 Å². The first-order valence-corrected chi connectivity index (χ1v) is 5.18. The molecule has 1 aliphatic rings. The molecule has 0 radical (unpaired) electrons. The minimum absolute atomic E-state index is 0.195. The molecule has 0 bridgehead atoms. The summed E-state index contributed by atoms with van der Waals surface area (Å²) < 4.78 is 0. The molecule has 8 nitrogen and oxygen atoms in total. The number of nitrogens with one attached hydrogen (secondary N) is 1. The number of piperidine rings is 1. The molecular weight excluding hydrogens is 230 g/mol. The van der Waals surface area contributed by atoms with Crippen molar-refractivity contribution in [3.8, 4) is 0 Å². The van der Waals surface area contributed by atoms with E-state index in [9.17, 15) is 14.4 Å². The molecule has 0 aromatic heterocycles. The maximum absolute atomic E-state index is 11.4. The summed E-state index contributed by atoms with van der Waals surface area (Å²) in [6.45, 7) is 0.204. The van der Waals surface area contributed by atoms with E-state index in [1.54, 1.807) is 0 Å². The van der Waals surface area contributed by atoms with Crippen molar-refractivity contribution in [1.29, 1.82) is 0 Å². The standard InChI is InChI=1S/C9H15N3O5/c10-8(15)6-1-3-12(4-2-6)9(16)11-17-5-7(13)14/h6H,1-5H2,(H2,10,15)(H,11,16)(H,13,14). The Morgan fingerprint density at radius 1 is 1.35 bits per heavy atom. The van der Waals surface area contributed by atoms with Crippen LogP contribution in [0.2, 0.25) is 0 Å². The van der Waals surface area contributed by atoms with Gasteiger partial charge in [0.25, 0.3) is 0 Å². The fraction of sp³-hybridized carbons (Fsp3) is 0.667. The number of aliphatic carboxylic acids is 1. The lowest BCUT2D eigenvalue weighted by molar-refractivity contribution is -0.144. The van der Waals surface area contributed by atoms with Gasteiger partial charge in [0, 0.05) is 19.0 Å². The van der Waals surface area contributed by atoms with Gasteiger partial charge < -0.3 is 15.7 Å². The summed E-state index contributed by atoms with van der Waals surface area (Å²) in [5.41, 5.74) is 7.17. The third kappa shape index (κ3) is 4.27. The van der Waals surface area contributed by atoms with Crippen LogP contribution in [0.1, 0.15) is 12.8 Å². The predicted octanol–water partition coefficient (Wildman–Crippen LogP) is -1.09. The second kappa shape index (κ2) is 6.04. The average Bonchev–Trinajstić information content (AvgIpc) is 2.28. The number of carbonyl (C=O) groups is 3. The summed E-state index contributed by atoms with van der Waals surface area (Å²) in [4.78, 5) is 38.4. The van der Waals surface area contributed by atoms with E-state index in [2.05, 4.69) is 4.84 Å². The number of carbonyl (C=O) groups excluding carboxylic acids is 2. The summed E-state index contributed by atoms with van der Waals surface area (Å²) in [6, 6.07) is -0.505. The number of hydrogen-bond acceptors (Lipinski definition) is 4. The van der Waals surface area contributed by atoms with Crippen LogP contribution in [-0.4, -0.2) is 47.6 Å². The van der Waals surface area contributed by atoms with Gasteiger partial charge in [-0.25, -0.2) is 15.1 Å². The summed E-state index contributed by atoms with van der Waals surface area (Å²) in [5.74, 6) is -1.72. The molecule has 0 spiro atoms. The number of rotatable bonds is 4. The van der Waals surface area contributed by atoms with Gasteiger partial charge in [0.15, 0.2) is 6.61 Å². The van der Waals surface area contributed by atoms with Crippen LogP contribution < -0.4 is 11.2 Å². The van der Waals surface area contributed by atoms with Gasteiger partial charge in [-0.1, -0.05) is 0 Å². The van der Waals surface area contributed by atoms with Crippen molar-refractivity contribution in [3.63, 3.8) is 0 Å². The van der Waals surface area contributed by atoms with Crippen molar-refractivity contribution in [2.45, 2.75) is 12.8 Å². The molecule has 0 aromatic rings. The highest BCUT2D eigenvalue weighted by Gasteiger charge is 2.25. The monoisotopic (exact) mass is 245 g/mol. The molecule has 0 saturated carbocycles. The fourth-order valence-corrected chi connectivity index (χ4v) is 1.59. The molecule has 1 aliphatic heterocycles. The molecule has 3 amide bonds. The molecule has 1 saturated heterocycles. The maximum atomic E-state index is 11.4. The topological polar surface area (TPSA) is 122 Å². The first kappa shape index (κ1) is 13.2. The first-order valence-electron chi connectivity index (χ1n) is 5.18. The highest BCUT2D eigenvalue weighted by Crippen LogP contribution is 2.16. The summed E-state index contributed by atoms with van der Waals surface area (Å²) in [5, 5.41) is 8.29. The molecule has 0 aromatic carbocycles. The molecule has 1 heterocycles. The van der Waals surface area contributed by atoms with E-state index in [-0.39, 0.29) is 11.8 Å². The zero-order valence-electron chi connectivity index (χ0n) is 9.22. The van der Waals surface area contributed by atoms with Gasteiger partial charge in [-0.15, -0.1) is 0 Å². The highest BCUT2D eigenvalue weighted by atomic mass is 16.7. The Hall–Kier alpha value is -1.83. The fourth-order valence-electron chi connectivity index (χ4n) is 1.59. The van der Waals surface area contributed by atoms with Crippen LogP contribution >= 0.6 is 0 Å². The van der Waals surface area contributed by atoms with Gasteiger partial charge >= 0.3 is 12.0 Å². The van der Waals surface area contributed by atoms with Crippen LogP contribution in [0.15, 0.2) is 0 Å². The zero-order chi connectivity index (χ0) is 12.8. The number of carboxylic acids is 1. The molecular formula is C9H15N3O5. The number of carboxylic acid groups (broad SMARTS) is 1. The number of nitrogens with two attached hydrogens (primary N) is 1. The van der Waals surface area contributed by atoms with Gasteiger partial charge in [0.2, 0.25) is 5.91 Å². The Kier molecular flexibility index (Phi) is 4.70. The Morgan fingerprint density at radius 3 is 2.41 bits per heavy atom. The first-order chi connectivity index (χ1) is 8.00. The smallest absolute Gasteiger partial charge is 0.341 e. The SMILES string of the molecule is NC(=O)C1CCN(C(=O)NOCC(=O)O)CC1. The number of likely N-dealkylation sites (tertiary alicyclic amines) is 1. The molecule has 1 fully saturated rings. The molecule has 0 unspecified atom stereocenters. The number of primary amides is 1. The molecule has 1 rings (SSSR count). The van der Waals surface area contributed by atoms with Gasteiger partial charge in [0.1, 0.15) is 0 Å². The number of amides is 3. The van der Waals surface area contributed by atoms with Crippen molar-refractivity contribution >= 4 is 17.9 Å². The highest BCUT2D eigenvalue weighted by molar-refractivity contribution is 5.78. The van der Waals surface area contributed by atoms with E-state index in [1.807, 2.05) is 5.48 Å². The summed E-state index contributed by atoms with van der Waals surface area (Å²) >= 11 is 0. The molecule has 96 valence electrons. The number of hydrogen-bond donors (Lipinski definition) is 3. The normalized spacial score (nSPS) is 16.6. The summed E-state index contributed by atoms with van der Waals surface area (Å²) in [6.07, 6.45) is 1.03. The van der Waals surface area contributed by atoms with Crippen LogP contribution in [0.4, 0.5) is 4.79 Å². The van der Waals surface area contributed by atoms with Crippen molar-refractivity contribution < 1.29 is 24.3 Å². The van der Waals surface area contributed by atoms with Crippen molar-refractivity contribution in [2.75, 3.05) is 19.7 Å². The van der Waals surface area contributed by atoms with E-state index in [0.29, 0.717) is 25.9 Å². The number of hydroxylamine groups is 1. The molecule has 0 aliphatic carbocycles. The minimum Gasteiger partial charge on any atom is -0.479 e.